The molecule has 3 heteroatoms. The standard InChI is InChI=1S/C20H13NO2/c22-19(14-7-2-1-3-8-14)17-12-16-15-9-5-4-6-13(15)10-11-18(16)21-20(17)23/h1-12H,(H,21,23). The number of rotatable bonds is 2. The van der Waals surface area contributed by atoms with Crippen molar-refractivity contribution in [1.82, 2.24) is 4.98 Å². The lowest BCUT2D eigenvalue weighted by Gasteiger charge is -2.06. The number of pyridine rings is 1. The number of benzene rings is 3. The quantitative estimate of drug-likeness (QED) is 0.450. The first-order valence-electron chi connectivity index (χ1n) is 7.38. The Hall–Kier alpha value is -3.20. The minimum Gasteiger partial charge on any atom is -0.321 e. The molecule has 110 valence electrons. The molecule has 0 saturated carbocycles. The average Bonchev–Trinajstić information content (AvgIpc) is 2.61. The van der Waals surface area contributed by atoms with Gasteiger partial charge in [0.2, 0.25) is 0 Å². The number of carbonyl (C=O) groups is 1. The molecule has 0 aliphatic rings. The van der Waals surface area contributed by atoms with Gasteiger partial charge in [0, 0.05) is 16.5 Å². The minimum absolute atomic E-state index is 0.167. The van der Waals surface area contributed by atoms with Crippen LogP contribution >= 0.6 is 0 Å². The number of hydrogen-bond donors (Lipinski definition) is 1. The molecule has 0 amide bonds. The third kappa shape index (κ3) is 2.23. The second-order valence-electron chi connectivity index (χ2n) is 5.46. The molecular weight excluding hydrogens is 286 g/mol. The summed E-state index contributed by atoms with van der Waals surface area (Å²) in [6.45, 7) is 0. The van der Waals surface area contributed by atoms with Crippen LogP contribution in [0.4, 0.5) is 0 Å². The number of H-pyrrole nitrogens is 1. The summed E-state index contributed by atoms with van der Waals surface area (Å²) < 4.78 is 0. The van der Waals surface area contributed by atoms with Gasteiger partial charge in [0.25, 0.3) is 5.56 Å². The van der Waals surface area contributed by atoms with E-state index in [0.717, 1.165) is 21.7 Å². The van der Waals surface area contributed by atoms with E-state index in [1.165, 1.54) is 0 Å². The van der Waals surface area contributed by atoms with Crippen LogP contribution in [0.25, 0.3) is 21.7 Å². The lowest BCUT2D eigenvalue weighted by molar-refractivity contribution is 0.103. The van der Waals surface area contributed by atoms with Gasteiger partial charge in [0.05, 0.1) is 5.56 Å². The minimum atomic E-state index is -0.360. The Bertz CT molecular complexity index is 1090. The Morgan fingerprint density at radius 3 is 2.35 bits per heavy atom. The number of ketones is 1. The first kappa shape index (κ1) is 13.5. The summed E-state index contributed by atoms with van der Waals surface area (Å²) in [5.74, 6) is -0.262. The number of aromatic nitrogens is 1. The van der Waals surface area contributed by atoms with Crippen molar-refractivity contribution in [3.8, 4) is 0 Å². The van der Waals surface area contributed by atoms with Crippen LogP contribution in [0, 0.1) is 0 Å². The maximum absolute atomic E-state index is 12.6. The number of nitrogens with one attached hydrogen (secondary N) is 1. The van der Waals surface area contributed by atoms with E-state index in [1.807, 2.05) is 42.5 Å². The zero-order valence-corrected chi connectivity index (χ0v) is 12.2. The predicted molar refractivity (Wildman–Crippen MR) is 91.9 cm³/mol. The molecule has 0 bridgehead atoms. The molecule has 0 aliphatic carbocycles. The summed E-state index contributed by atoms with van der Waals surface area (Å²) in [6.07, 6.45) is 0. The van der Waals surface area contributed by atoms with Gasteiger partial charge in [-0.1, -0.05) is 60.7 Å². The average molecular weight is 299 g/mol. The Kier molecular flexibility index (Phi) is 3.05. The van der Waals surface area contributed by atoms with Crippen LogP contribution in [0.15, 0.2) is 77.6 Å². The van der Waals surface area contributed by atoms with E-state index < -0.39 is 0 Å². The van der Waals surface area contributed by atoms with Crippen LogP contribution in [0.5, 0.6) is 0 Å². The van der Waals surface area contributed by atoms with Gasteiger partial charge in [-0.15, -0.1) is 0 Å². The first-order valence-corrected chi connectivity index (χ1v) is 7.38. The molecule has 23 heavy (non-hydrogen) atoms. The molecule has 0 atom stereocenters. The Balaban J connectivity index is 2.01. The summed E-state index contributed by atoms with van der Waals surface area (Å²) in [6, 6.07) is 22.3. The second-order valence-corrected chi connectivity index (χ2v) is 5.46. The van der Waals surface area contributed by atoms with Gasteiger partial charge < -0.3 is 4.98 Å². The number of hydrogen-bond acceptors (Lipinski definition) is 2. The van der Waals surface area contributed by atoms with Gasteiger partial charge in [0.1, 0.15) is 0 Å². The molecule has 3 nitrogen and oxygen atoms in total. The number of aromatic amines is 1. The highest BCUT2D eigenvalue weighted by molar-refractivity contribution is 6.13. The molecule has 0 unspecified atom stereocenters. The van der Waals surface area contributed by atoms with Gasteiger partial charge >= 0.3 is 0 Å². The van der Waals surface area contributed by atoms with Gasteiger partial charge in [-0.25, -0.2) is 0 Å². The summed E-state index contributed by atoms with van der Waals surface area (Å²) in [4.78, 5) is 27.8. The van der Waals surface area contributed by atoms with Crippen molar-refractivity contribution in [2.24, 2.45) is 0 Å². The lowest BCUT2D eigenvalue weighted by Crippen LogP contribution is -2.18. The molecule has 0 spiro atoms. The number of carbonyl (C=O) groups excluding carboxylic acids is 1. The van der Waals surface area contributed by atoms with Crippen molar-refractivity contribution >= 4 is 27.5 Å². The van der Waals surface area contributed by atoms with Crippen LogP contribution in [0.1, 0.15) is 15.9 Å². The molecule has 0 aliphatic heterocycles. The predicted octanol–water partition coefficient (Wildman–Crippen LogP) is 3.91. The highest BCUT2D eigenvalue weighted by Crippen LogP contribution is 2.24. The summed E-state index contributed by atoms with van der Waals surface area (Å²) in [5, 5.41) is 2.97. The Labute approximate surface area is 132 Å². The SMILES string of the molecule is O=C(c1ccccc1)c1cc2c(ccc3ccccc32)[nH]c1=O. The summed E-state index contributed by atoms with van der Waals surface area (Å²) in [7, 11) is 0. The summed E-state index contributed by atoms with van der Waals surface area (Å²) in [5.41, 5.74) is 1.05. The van der Waals surface area contributed by atoms with Crippen LogP contribution in [0.3, 0.4) is 0 Å². The molecule has 3 aromatic carbocycles. The third-order valence-electron chi connectivity index (χ3n) is 4.03. The topological polar surface area (TPSA) is 49.9 Å². The fourth-order valence-corrected chi connectivity index (χ4v) is 2.87. The van der Waals surface area contributed by atoms with Crippen molar-refractivity contribution in [3.05, 3.63) is 94.3 Å². The van der Waals surface area contributed by atoms with Gasteiger partial charge in [0.15, 0.2) is 5.78 Å². The zero-order chi connectivity index (χ0) is 15.8. The highest BCUT2D eigenvalue weighted by atomic mass is 16.1. The van der Waals surface area contributed by atoms with E-state index in [9.17, 15) is 9.59 Å². The second kappa shape index (κ2) is 5.21. The molecule has 4 rings (SSSR count). The molecule has 4 aromatic rings. The van der Waals surface area contributed by atoms with Gasteiger partial charge in [-0.3, -0.25) is 9.59 Å². The van der Waals surface area contributed by atoms with E-state index in [-0.39, 0.29) is 16.9 Å². The van der Waals surface area contributed by atoms with Crippen molar-refractivity contribution in [1.29, 1.82) is 0 Å². The molecule has 1 heterocycles. The van der Waals surface area contributed by atoms with Crippen molar-refractivity contribution in [2.45, 2.75) is 0 Å². The number of fused-ring (bicyclic) bond motifs is 3. The largest absolute Gasteiger partial charge is 0.321 e. The maximum Gasteiger partial charge on any atom is 0.259 e. The van der Waals surface area contributed by atoms with Gasteiger partial charge in [-0.2, -0.15) is 0 Å². The van der Waals surface area contributed by atoms with E-state index in [4.69, 9.17) is 0 Å². The maximum atomic E-state index is 12.6. The van der Waals surface area contributed by atoms with E-state index in [1.54, 1.807) is 30.3 Å². The van der Waals surface area contributed by atoms with Crippen molar-refractivity contribution in [3.63, 3.8) is 0 Å². The molecule has 0 radical (unpaired) electrons. The molecular formula is C20H13NO2. The fourth-order valence-electron chi connectivity index (χ4n) is 2.87. The smallest absolute Gasteiger partial charge is 0.259 e. The third-order valence-corrected chi connectivity index (χ3v) is 4.03. The van der Waals surface area contributed by atoms with E-state index in [2.05, 4.69) is 4.98 Å². The first-order chi connectivity index (χ1) is 11.2. The fraction of sp³-hybridized carbons (Fsp3) is 0. The monoisotopic (exact) mass is 299 g/mol. The van der Waals surface area contributed by atoms with Crippen molar-refractivity contribution < 1.29 is 4.79 Å². The normalized spacial score (nSPS) is 11.0. The van der Waals surface area contributed by atoms with E-state index >= 15 is 0 Å². The zero-order valence-electron chi connectivity index (χ0n) is 12.2. The van der Waals surface area contributed by atoms with Crippen LogP contribution in [-0.2, 0) is 0 Å². The lowest BCUT2D eigenvalue weighted by atomic mass is 10.00. The van der Waals surface area contributed by atoms with Crippen LogP contribution in [-0.4, -0.2) is 10.8 Å². The molecule has 0 fully saturated rings. The van der Waals surface area contributed by atoms with Crippen molar-refractivity contribution in [2.75, 3.05) is 0 Å². The molecule has 0 saturated heterocycles. The molecule has 1 N–H and O–H groups in total. The molecule has 1 aromatic heterocycles. The van der Waals surface area contributed by atoms with Crippen LogP contribution in [0.2, 0.25) is 0 Å². The Morgan fingerprint density at radius 2 is 1.52 bits per heavy atom. The van der Waals surface area contributed by atoms with Crippen LogP contribution < -0.4 is 5.56 Å². The summed E-state index contributed by atoms with van der Waals surface area (Å²) >= 11 is 0. The van der Waals surface area contributed by atoms with E-state index in [0.29, 0.717) is 5.56 Å². The van der Waals surface area contributed by atoms with Gasteiger partial charge in [-0.05, 0) is 22.9 Å². The Morgan fingerprint density at radius 1 is 0.783 bits per heavy atom. The highest BCUT2D eigenvalue weighted by Gasteiger charge is 2.14.